The summed E-state index contributed by atoms with van der Waals surface area (Å²) in [6, 6.07) is 28.6. The van der Waals surface area contributed by atoms with E-state index in [0.29, 0.717) is 23.3 Å². The highest BCUT2D eigenvalue weighted by molar-refractivity contribution is 9.10. The molecule has 0 aliphatic carbocycles. The number of aromatic nitrogens is 2. The molecule has 0 saturated carbocycles. The van der Waals surface area contributed by atoms with Crippen molar-refractivity contribution in [1.82, 2.24) is 9.97 Å². The summed E-state index contributed by atoms with van der Waals surface area (Å²) in [6.07, 6.45) is 0.504. The molecule has 0 spiro atoms. The van der Waals surface area contributed by atoms with E-state index in [0.717, 1.165) is 26.3 Å². The van der Waals surface area contributed by atoms with Gasteiger partial charge in [-0.25, -0.2) is 18.4 Å². The third-order valence-corrected chi connectivity index (χ3v) is 7.64. The van der Waals surface area contributed by atoms with Crippen molar-refractivity contribution >= 4 is 47.6 Å². The molecule has 158 valence electrons. The molecule has 4 aromatic carbocycles. The predicted octanol–water partition coefficient (Wildman–Crippen LogP) is 6.11. The Morgan fingerprint density at radius 3 is 2.06 bits per heavy atom. The summed E-state index contributed by atoms with van der Waals surface area (Å²) in [5.74, 6) is -0.202. The van der Waals surface area contributed by atoms with Crippen LogP contribution in [0.15, 0.2) is 100 Å². The molecule has 0 aliphatic rings. The number of fused-ring (bicyclic) bond motifs is 2. The van der Waals surface area contributed by atoms with E-state index in [9.17, 15) is 8.42 Å². The minimum absolute atomic E-state index is 0.202. The Bertz CT molecular complexity index is 1540. The van der Waals surface area contributed by atoms with Gasteiger partial charge in [0.1, 0.15) is 0 Å². The summed E-state index contributed by atoms with van der Waals surface area (Å²) in [4.78, 5) is 9.83. The predicted molar refractivity (Wildman–Crippen MR) is 131 cm³/mol. The standard InChI is InChI=1S/C26H19BrN2O2S/c27-20-12-14-21(15-13-20)32(30,31)17-26-25(28-23-10-3-4-11-24(23)29-26)16-19-8-5-7-18-6-1-2-9-22(18)19/h1-15H,16-17H2. The summed E-state index contributed by atoms with van der Waals surface area (Å²) in [7, 11) is -3.58. The Kier molecular flexibility index (Phi) is 5.49. The van der Waals surface area contributed by atoms with E-state index in [1.165, 1.54) is 0 Å². The van der Waals surface area contributed by atoms with Crippen LogP contribution in [0.5, 0.6) is 0 Å². The molecule has 4 nitrogen and oxygen atoms in total. The second-order valence-electron chi connectivity index (χ2n) is 7.63. The van der Waals surface area contributed by atoms with E-state index >= 15 is 0 Å². The van der Waals surface area contributed by atoms with Crippen LogP contribution in [0.3, 0.4) is 0 Å². The van der Waals surface area contributed by atoms with Crippen molar-refractivity contribution in [1.29, 1.82) is 0 Å². The minimum atomic E-state index is -3.58. The fourth-order valence-corrected chi connectivity index (χ4v) is 5.44. The zero-order valence-electron chi connectivity index (χ0n) is 17.1. The van der Waals surface area contributed by atoms with Gasteiger partial charge < -0.3 is 0 Å². The van der Waals surface area contributed by atoms with Crippen molar-refractivity contribution in [3.63, 3.8) is 0 Å². The Balaban J connectivity index is 1.61. The van der Waals surface area contributed by atoms with Crippen molar-refractivity contribution in [3.8, 4) is 0 Å². The van der Waals surface area contributed by atoms with Gasteiger partial charge >= 0.3 is 0 Å². The molecule has 0 N–H and O–H groups in total. The lowest BCUT2D eigenvalue weighted by atomic mass is 10.00. The molecule has 0 atom stereocenters. The molecule has 0 saturated heterocycles. The highest BCUT2D eigenvalue weighted by atomic mass is 79.9. The van der Waals surface area contributed by atoms with Crippen molar-refractivity contribution in [2.75, 3.05) is 0 Å². The van der Waals surface area contributed by atoms with E-state index in [1.54, 1.807) is 24.3 Å². The zero-order chi connectivity index (χ0) is 22.1. The first-order chi connectivity index (χ1) is 15.5. The van der Waals surface area contributed by atoms with E-state index in [2.05, 4.69) is 40.2 Å². The van der Waals surface area contributed by atoms with Crippen LogP contribution in [0.1, 0.15) is 17.0 Å². The fourth-order valence-electron chi connectivity index (χ4n) is 3.86. The van der Waals surface area contributed by atoms with Gasteiger partial charge in [-0.3, -0.25) is 0 Å². The third kappa shape index (κ3) is 4.16. The molecule has 32 heavy (non-hydrogen) atoms. The lowest BCUT2D eigenvalue weighted by molar-refractivity contribution is 0.594. The molecule has 0 fully saturated rings. The average molecular weight is 503 g/mol. The lowest BCUT2D eigenvalue weighted by Crippen LogP contribution is -2.11. The number of benzene rings is 4. The molecular formula is C26H19BrN2O2S. The maximum absolute atomic E-state index is 13.2. The van der Waals surface area contributed by atoms with Gasteiger partial charge in [-0.05, 0) is 52.7 Å². The smallest absolute Gasteiger partial charge is 0.184 e. The molecule has 1 heterocycles. The summed E-state index contributed by atoms with van der Waals surface area (Å²) in [6.45, 7) is 0. The van der Waals surface area contributed by atoms with Crippen LogP contribution in [-0.4, -0.2) is 18.4 Å². The van der Waals surface area contributed by atoms with Crippen LogP contribution < -0.4 is 0 Å². The SMILES string of the molecule is O=S(=O)(Cc1nc2ccccc2nc1Cc1cccc2ccccc12)c1ccc(Br)cc1. The van der Waals surface area contributed by atoms with E-state index in [4.69, 9.17) is 9.97 Å². The normalized spacial score (nSPS) is 11.8. The quantitative estimate of drug-likeness (QED) is 0.290. The number of hydrogen-bond donors (Lipinski definition) is 0. The largest absolute Gasteiger partial charge is 0.249 e. The monoisotopic (exact) mass is 502 g/mol. The van der Waals surface area contributed by atoms with Crippen molar-refractivity contribution in [2.45, 2.75) is 17.1 Å². The molecule has 1 aromatic heterocycles. The van der Waals surface area contributed by atoms with Crippen LogP contribution >= 0.6 is 15.9 Å². The molecule has 0 radical (unpaired) electrons. The molecule has 0 amide bonds. The van der Waals surface area contributed by atoms with Gasteiger partial charge in [0.05, 0.1) is 33.1 Å². The Morgan fingerprint density at radius 2 is 1.31 bits per heavy atom. The number of sulfone groups is 1. The minimum Gasteiger partial charge on any atom is -0.249 e. The molecule has 5 aromatic rings. The summed E-state index contributed by atoms with van der Waals surface area (Å²) in [5, 5.41) is 2.27. The molecule has 6 heteroatoms. The van der Waals surface area contributed by atoms with Gasteiger partial charge in [0.25, 0.3) is 0 Å². The Labute approximate surface area is 195 Å². The van der Waals surface area contributed by atoms with Gasteiger partial charge in [-0.2, -0.15) is 0 Å². The first-order valence-corrected chi connectivity index (χ1v) is 12.6. The topological polar surface area (TPSA) is 59.9 Å². The number of halogens is 1. The average Bonchev–Trinajstić information content (AvgIpc) is 2.80. The maximum atomic E-state index is 13.2. The van der Waals surface area contributed by atoms with Gasteiger partial charge in [-0.1, -0.05) is 70.5 Å². The lowest BCUT2D eigenvalue weighted by Gasteiger charge is -2.12. The highest BCUT2D eigenvalue weighted by Crippen LogP contribution is 2.25. The molecule has 0 aliphatic heterocycles. The van der Waals surface area contributed by atoms with Gasteiger partial charge in [-0.15, -0.1) is 0 Å². The van der Waals surface area contributed by atoms with Crippen LogP contribution in [0.2, 0.25) is 0 Å². The Hall–Kier alpha value is -3.09. The molecule has 0 bridgehead atoms. The molecule has 5 rings (SSSR count). The number of nitrogens with zero attached hydrogens (tertiary/aromatic N) is 2. The van der Waals surface area contributed by atoms with E-state index < -0.39 is 9.84 Å². The summed E-state index contributed by atoms with van der Waals surface area (Å²) < 4.78 is 27.2. The summed E-state index contributed by atoms with van der Waals surface area (Å²) >= 11 is 3.36. The van der Waals surface area contributed by atoms with Gasteiger partial charge in [0.15, 0.2) is 9.84 Å². The van der Waals surface area contributed by atoms with Crippen LogP contribution in [0, 0.1) is 0 Å². The van der Waals surface area contributed by atoms with E-state index in [-0.39, 0.29) is 10.6 Å². The van der Waals surface area contributed by atoms with E-state index in [1.807, 2.05) is 42.5 Å². The van der Waals surface area contributed by atoms with Crippen LogP contribution in [-0.2, 0) is 22.0 Å². The zero-order valence-corrected chi connectivity index (χ0v) is 19.5. The van der Waals surface area contributed by atoms with Crippen molar-refractivity contribution in [3.05, 3.63) is 112 Å². The first-order valence-electron chi connectivity index (χ1n) is 10.2. The fraction of sp³-hybridized carbons (Fsp3) is 0.0769. The molecule has 0 unspecified atom stereocenters. The Morgan fingerprint density at radius 1 is 0.688 bits per heavy atom. The highest BCUT2D eigenvalue weighted by Gasteiger charge is 2.20. The second kappa shape index (κ2) is 8.45. The maximum Gasteiger partial charge on any atom is 0.184 e. The third-order valence-electron chi connectivity index (χ3n) is 5.46. The number of rotatable bonds is 5. The summed E-state index contributed by atoms with van der Waals surface area (Å²) in [5.41, 5.74) is 3.71. The van der Waals surface area contributed by atoms with Gasteiger partial charge in [0.2, 0.25) is 0 Å². The number of para-hydroxylation sites is 2. The second-order valence-corrected chi connectivity index (χ2v) is 10.5. The van der Waals surface area contributed by atoms with Gasteiger partial charge in [0, 0.05) is 10.9 Å². The van der Waals surface area contributed by atoms with Crippen molar-refractivity contribution < 1.29 is 8.42 Å². The number of hydrogen-bond acceptors (Lipinski definition) is 4. The first kappa shape index (κ1) is 20.8. The van der Waals surface area contributed by atoms with Crippen LogP contribution in [0.25, 0.3) is 21.8 Å². The van der Waals surface area contributed by atoms with Crippen molar-refractivity contribution in [2.24, 2.45) is 0 Å². The van der Waals surface area contributed by atoms with Crippen LogP contribution in [0.4, 0.5) is 0 Å². The molecular weight excluding hydrogens is 484 g/mol.